The van der Waals surface area contributed by atoms with Crippen LogP contribution in [-0.4, -0.2) is 32.4 Å². The largest absolute Gasteiger partial charge is 0.488 e. The third-order valence-corrected chi connectivity index (χ3v) is 3.25. The zero-order valence-corrected chi connectivity index (χ0v) is 10.2. The minimum absolute atomic E-state index is 0.126. The molecule has 0 radical (unpaired) electrons. The summed E-state index contributed by atoms with van der Waals surface area (Å²) in [6.45, 7) is 0. The lowest BCUT2D eigenvalue weighted by Gasteiger charge is -2.42. The van der Waals surface area contributed by atoms with Gasteiger partial charge in [-0.15, -0.1) is 0 Å². The Labute approximate surface area is 101 Å². The van der Waals surface area contributed by atoms with Crippen molar-refractivity contribution in [2.45, 2.75) is 24.7 Å². The van der Waals surface area contributed by atoms with Gasteiger partial charge in [0.1, 0.15) is 18.0 Å². The summed E-state index contributed by atoms with van der Waals surface area (Å²) in [7, 11) is 3.65. The van der Waals surface area contributed by atoms with E-state index in [9.17, 15) is 0 Å². The molecule has 1 N–H and O–H groups in total. The second-order valence-electron chi connectivity index (χ2n) is 3.94. The van der Waals surface area contributed by atoms with E-state index in [2.05, 4.69) is 5.32 Å². The molecule has 0 bridgehead atoms. The third kappa shape index (κ3) is 2.32. The van der Waals surface area contributed by atoms with E-state index in [-0.39, 0.29) is 12.2 Å². The Morgan fingerprint density at radius 1 is 1.31 bits per heavy atom. The van der Waals surface area contributed by atoms with Gasteiger partial charge < -0.3 is 14.8 Å². The number of benzene rings is 1. The van der Waals surface area contributed by atoms with Crippen LogP contribution in [0.25, 0.3) is 0 Å². The third-order valence-electron chi connectivity index (χ3n) is 2.99. The maximum atomic E-state index is 5.82. The van der Waals surface area contributed by atoms with Crippen molar-refractivity contribution < 1.29 is 9.47 Å². The molecule has 1 aromatic carbocycles. The summed E-state index contributed by atoms with van der Waals surface area (Å²) in [5.41, 5.74) is 0. The van der Waals surface area contributed by atoms with Gasteiger partial charge in [-0.05, 0) is 31.3 Å². The quantitative estimate of drug-likeness (QED) is 0.876. The van der Waals surface area contributed by atoms with Crippen LogP contribution in [0.15, 0.2) is 24.3 Å². The van der Waals surface area contributed by atoms with Crippen LogP contribution >= 0.6 is 11.6 Å². The molecule has 16 heavy (non-hydrogen) atoms. The molecule has 1 fully saturated rings. The fourth-order valence-electron chi connectivity index (χ4n) is 1.98. The molecule has 3 atom stereocenters. The Balaban J connectivity index is 1.93. The Bertz CT molecular complexity index is 341. The summed E-state index contributed by atoms with van der Waals surface area (Å²) in [4.78, 5) is 0. The highest BCUT2D eigenvalue weighted by Crippen LogP contribution is 2.28. The molecule has 0 aromatic heterocycles. The summed E-state index contributed by atoms with van der Waals surface area (Å²) < 4.78 is 11.2. The first-order valence-electron chi connectivity index (χ1n) is 5.37. The topological polar surface area (TPSA) is 30.5 Å². The maximum Gasteiger partial charge on any atom is 0.128 e. The smallest absolute Gasteiger partial charge is 0.128 e. The van der Waals surface area contributed by atoms with E-state index in [1.54, 1.807) is 7.11 Å². The van der Waals surface area contributed by atoms with E-state index in [0.717, 1.165) is 17.2 Å². The maximum absolute atomic E-state index is 5.82. The van der Waals surface area contributed by atoms with Gasteiger partial charge >= 0.3 is 0 Å². The first kappa shape index (κ1) is 11.7. The molecule has 0 heterocycles. The van der Waals surface area contributed by atoms with Crippen LogP contribution in [0.3, 0.4) is 0 Å². The Hall–Kier alpha value is -0.770. The van der Waals surface area contributed by atoms with Crippen LogP contribution in [0.4, 0.5) is 0 Å². The summed E-state index contributed by atoms with van der Waals surface area (Å²) in [5, 5.41) is 3.92. The van der Waals surface area contributed by atoms with Crippen LogP contribution in [0.1, 0.15) is 6.42 Å². The highest BCUT2D eigenvalue weighted by Gasteiger charge is 2.42. The fourth-order valence-corrected chi connectivity index (χ4v) is 2.11. The van der Waals surface area contributed by atoms with Crippen molar-refractivity contribution in [3.8, 4) is 5.75 Å². The van der Waals surface area contributed by atoms with Gasteiger partial charge in [0.15, 0.2) is 0 Å². The number of rotatable bonds is 4. The van der Waals surface area contributed by atoms with Crippen molar-refractivity contribution in [1.82, 2.24) is 5.32 Å². The Morgan fingerprint density at radius 2 is 2.00 bits per heavy atom. The number of halogens is 1. The molecule has 1 saturated carbocycles. The predicted molar refractivity (Wildman–Crippen MR) is 64.1 cm³/mol. The predicted octanol–water partition coefficient (Wildman–Crippen LogP) is 2.09. The first-order valence-corrected chi connectivity index (χ1v) is 5.74. The zero-order chi connectivity index (χ0) is 11.5. The number of nitrogens with one attached hydrogen (secondary N) is 1. The van der Waals surface area contributed by atoms with Crippen molar-refractivity contribution in [2.24, 2.45) is 0 Å². The summed E-state index contributed by atoms with van der Waals surface area (Å²) >= 11 is 5.81. The lowest BCUT2D eigenvalue weighted by atomic mass is 9.85. The SMILES string of the molecule is CNC1CC(Oc2ccc(Cl)cc2)C1OC. The normalized spacial score (nSPS) is 28.6. The van der Waals surface area contributed by atoms with E-state index < -0.39 is 0 Å². The van der Waals surface area contributed by atoms with E-state index in [0.29, 0.717) is 6.04 Å². The average Bonchev–Trinajstić information content (AvgIpc) is 2.26. The highest BCUT2D eigenvalue weighted by molar-refractivity contribution is 6.30. The van der Waals surface area contributed by atoms with Gasteiger partial charge in [-0.3, -0.25) is 0 Å². The first-order chi connectivity index (χ1) is 7.74. The second kappa shape index (κ2) is 5.04. The van der Waals surface area contributed by atoms with Crippen molar-refractivity contribution in [2.75, 3.05) is 14.2 Å². The molecule has 0 aliphatic heterocycles. The van der Waals surface area contributed by atoms with E-state index >= 15 is 0 Å². The molecule has 0 saturated heterocycles. The van der Waals surface area contributed by atoms with Crippen molar-refractivity contribution in [3.63, 3.8) is 0 Å². The molecule has 3 unspecified atom stereocenters. The molecule has 1 aliphatic rings. The molecule has 1 aliphatic carbocycles. The van der Waals surface area contributed by atoms with Crippen LogP contribution < -0.4 is 10.1 Å². The van der Waals surface area contributed by atoms with Gasteiger partial charge in [-0.25, -0.2) is 0 Å². The van der Waals surface area contributed by atoms with E-state index in [1.165, 1.54) is 0 Å². The minimum atomic E-state index is 0.126. The van der Waals surface area contributed by atoms with Gasteiger partial charge in [0.25, 0.3) is 0 Å². The van der Waals surface area contributed by atoms with Gasteiger partial charge in [0, 0.05) is 24.6 Å². The number of methoxy groups -OCH3 is 1. The summed E-state index contributed by atoms with van der Waals surface area (Å²) in [5.74, 6) is 0.839. The molecule has 1 aromatic rings. The van der Waals surface area contributed by atoms with E-state index in [4.69, 9.17) is 21.1 Å². The molecule has 4 heteroatoms. The molecule has 88 valence electrons. The minimum Gasteiger partial charge on any atom is -0.488 e. The zero-order valence-electron chi connectivity index (χ0n) is 9.44. The monoisotopic (exact) mass is 241 g/mol. The van der Waals surface area contributed by atoms with Crippen molar-refractivity contribution in [1.29, 1.82) is 0 Å². The van der Waals surface area contributed by atoms with Crippen molar-refractivity contribution in [3.05, 3.63) is 29.3 Å². The van der Waals surface area contributed by atoms with Crippen LogP contribution in [0.2, 0.25) is 5.02 Å². The summed E-state index contributed by atoms with van der Waals surface area (Å²) in [6, 6.07) is 7.80. The standard InChI is InChI=1S/C12H16ClNO2/c1-14-10-7-11(12(10)15-2)16-9-5-3-8(13)4-6-9/h3-6,10-12,14H,7H2,1-2H3. The average molecular weight is 242 g/mol. The van der Waals surface area contributed by atoms with Gasteiger partial charge in [0.2, 0.25) is 0 Å². The number of likely N-dealkylation sites (N-methyl/N-ethyl adjacent to an activating group) is 1. The van der Waals surface area contributed by atoms with Gasteiger partial charge in [-0.2, -0.15) is 0 Å². The molecule has 2 rings (SSSR count). The number of hydrogen-bond acceptors (Lipinski definition) is 3. The van der Waals surface area contributed by atoms with E-state index in [1.807, 2.05) is 31.3 Å². The van der Waals surface area contributed by atoms with Crippen LogP contribution in [0, 0.1) is 0 Å². The fraction of sp³-hybridized carbons (Fsp3) is 0.500. The summed E-state index contributed by atoms with van der Waals surface area (Å²) in [6.07, 6.45) is 1.22. The van der Waals surface area contributed by atoms with Crippen molar-refractivity contribution >= 4 is 11.6 Å². The number of hydrogen-bond donors (Lipinski definition) is 1. The van der Waals surface area contributed by atoms with Gasteiger partial charge in [-0.1, -0.05) is 11.6 Å². The Kier molecular flexibility index (Phi) is 3.69. The molecule has 3 nitrogen and oxygen atoms in total. The van der Waals surface area contributed by atoms with Crippen LogP contribution in [-0.2, 0) is 4.74 Å². The molecular formula is C12H16ClNO2. The lowest BCUT2D eigenvalue weighted by Crippen LogP contribution is -2.60. The lowest BCUT2D eigenvalue weighted by molar-refractivity contribution is -0.0869. The molecule has 0 spiro atoms. The van der Waals surface area contributed by atoms with Gasteiger partial charge in [0.05, 0.1) is 0 Å². The molecule has 0 amide bonds. The second-order valence-corrected chi connectivity index (χ2v) is 4.38. The molecular weight excluding hydrogens is 226 g/mol. The number of ether oxygens (including phenoxy) is 2. The Morgan fingerprint density at radius 3 is 2.56 bits per heavy atom. The van der Waals surface area contributed by atoms with Crippen LogP contribution in [0.5, 0.6) is 5.75 Å². The highest BCUT2D eigenvalue weighted by atomic mass is 35.5.